The van der Waals surface area contributed by atoms with Gasteiger partial charge in [-0.25, -0.2) is 4.98 Å². The van der Waals surface area contributed by atoms with E-state index in [9.17, 15) is 4.79 Å². The Morgan fingerprint density at radius 2 is 1.55 bits per heavy atom. The molecule has 2 heterocycles. The zero-order valence-electron chi connectivity index (χ0n) is 16.0. The van der Waals surface area contributed by atoms with E-state index in [4.69, 9.17) is 15.2 Å². The Labute approximate surface area is 169 Å². The van der Waals surface area contributed by atoms with Gasteiger partial charge in [0.15, 0.2) is 0 Å². The van der Waals surface area contributed by atoms with Crippen LogP contribution in [-0.4, -0.2) is 24.0 Å². The fourth-order valence-corrected chi connectivity index (χ4v) is 3.42. The Morgan fingerprint density at radius 1 is 0.931 bits per heavy atom. The second kappa shape index (κ2) is 8.75. The number of amides is 1. The number of piperidine rings is 1. The van der Waals surface area contributed by atoms with Gasteiger partial charge in [-0.05, 0) is 79.9 Å². The molecule has 1 aliphatic rings. The molecule has 0 bridgehead atoms. The highest BCUT2D eigenvalue weighted by Crippen LogP contribution is 2.31. The Balaban J connectivity index is 1.50. The van der Waals surface area contributed by atoms with Crippen molar-refractivity contribution in [2.75, 3.05) is 13.1 Å². The lowest BCUT2D eigenvalue weighted by atomic mass is 9.90. The van der Waals surface area contributed by atoms with Crippen molar-refractivity contribution in [1.29, 1.82) is 0 Å². The highest BCUT2D eigenvalue weighted by atomic mass is 16.5. The number of pyridine rings is 1. The van der Waals surface area contributed by atoms with E-state index in [0.717, 1.165) is 37.2 Å². The van der Waals surface area contributed by atoms with Crippen LogP contribution in [0.1, 0.15) is 34.7 Å². The number of nitrogens with two attached hydrogens (primary N) is 1. The van der Waals surface area contributed by atoms with E-state index in [0.29, 0.717) is 23.0 Å². The molecule has 0 saturated carbocycles. The van der Waals surface area contributed by atoms with Gasteiger partial charge in [0.1, 0.15) is 22.8 Å². The number of hydrogen-bond donors (Lipinski definition) is 2. The predicted octanol–water partition coefficient (Wildman–Crippen LogP) is 4.23. The van der Waals surface area contributed by atoms with E-state index >= 15 is 0 Å². The van der Waals surface area contributed by atoms with Gasteiger partial charge in [0.25, 0.3) is 5.91 Å². The predicted molar refractivity (Wildman–Crippen MR) is 111 cm³/mol. The summed E-state index contributed by atoms with van der Waals surface area (Å²) in [7, 11) is 0. The maximum Gasteiger partial charge on any atom is 0.254 e. The third-order valence-electron chi connectivity index (χ3n) is 4.97. The highest BCUT2D eigenvalue weighted by Gasteiger charge is 2.20. The SMILES string of the molecule is NC(=O)c1cc(C2CCNCC2)cnc1Oc1ccc(Oc2ccccc2)cc1. The Bertz CT molecular complexity index is 968. The molecule has 0 radical (unpaired) electrons. The van der Waals surface area contributed by atoms with Gasteiger partial charge >= 0.3 is 0 Å². The molecule has 0 atom stereocenters. The number of rotatable bonds is 6. The first-order valence-electron chi connectivity index (χ1n) is 9.70. The molecule has 3 aromatic rings. The van der Waals surface area contributed by atoms with Crippen LogP contribution in [0, 0.1) is 0 Å². The Kier molecular flexibility index (Phi) is 5.72. The van der Waals surface area contributed by atoms with Crippen molar-refractivity contribution >= 4 is 5.91 Å². The average Bonchev–Trinajstić information content (AvgIpc) is 2.76. The number of carbonyl (C=O) groups is 1. The Hall–Kier alpha value is -3.38. The molecule has 0 spiro atoms. The molecule has 1 amide bonds. The largest absolute Gasteiger partial charge is 0.457 e. The highest BCUT2D eigenvalue weighted by molar-refractivity contribution is 5.95. The van der Waals surface area contributed by atoms with Crippen LogP contribution in [-0.2, 0) is 0 Å². The maximum absolute atomic E-state index is 12.0. The van der Waals surface area contributed by atoms with Crippen LogP contribution in [0.2, 0.25) is 0 Å². The molecule has 2 aromatic carbocycles. The van der Waals surface area contributed by atoms with Gasteiger partial charge in [-0.1, -0.05) is 18.2 Å². The summed E-state index contributed by atoms with van der Waals surface area (Å²) in [5, 5.41) is 3.34. The van der Waals surface area contributed by atoms with Gasteiger partial charge < -0.3 is 20.5 Å². The van der Waals surface area contributed by atoms with Crippen LogP contribution in [0.15, 0.2) is 66.9 Å². The van der Waals surface area contributed by atoms with Gasteiger partial charge in [-0.15, -0.1) is 0 Å². The van der Waals surface area contributed by atoms with Crippen LogP contribution in [0.5, 0.6) is 23.1 Å². The normalized spacial score (nSPS) is 14.3. The molecule has 0 unspecified atom stereocenters. The van der Waals surface area contributed by atoms with Crippen molar-refractivity contribution in [2.24, 2.45) is 5.73 Å². The number of aromatic nitrogens is 1. The summed E-state index contributed by atoms with van der Waals surface area (Å²) < 4.78 is 11.6. The second-order valence-electron chi connectivity index (χ2n) is 7.00. The molecule has 4 rings (SSSR count). The average molecular weight is 389 g/mol. The van der Waals surface area contributed by atoms with Crippen molar-refractivity contribution < 1.29 is 14.3 Å². The topological polar surface area (TPSA) is 86.5 Å². The van der Waals surface area contributed by atoms with Gasteiger partial charge in [0.2, 0.25) is 5.88 Å². The molecular weight excluding hydrogens is 366 g/mol. The van der Waals surface area contributed by atoms with Gasteiger partial charge in [-0.3, -0.25) is 4.79 Å². The lowest BCUT2D eigenvalue weighted by Crippen LogP contribution is -2.27. The number of ether oxygens (including phenoxy) is 2. The van der Waals surface area contributed by atoms with Crippen LogP contribution in [0.3, 0.4) is 0 Å². The Morgan fingerprint density at radius 3 is 2.21 bits per heavy atom. The molecule has 0 aliphatic carbocycles. The fourth-order valence-electron chi connectivity index (χ4n) is 3.42. The number of carbonyl (C=O) groups excluding carboxylic acids is 1. The summed E-state index contributed by atoms with van der Waals surface area (Å²) in [5.41, 5.74) is 6.91. The molecule has 6 heteroatoms. The molecule has 1 saturated heterocycles. The minimum absolute atomic E-state index is 0.215. The van der Waals surface area contributed by atoms with E-state index in [1.54, 1.807) is 30.5 Å². The minimum Gasteiger partial charge on any atom is -0.457 e. The van der Waals surface area contributed by atoms with E-state index in [2.05, 4.69) is 10.3 Å². The summed E-state index contributed by atoms with van der Waals surface area (Å²) in [5.74, 6) is 2.04. The number of hydrogen-bond acceptors (Lipinski definition) is 5. The summed E-state index contributed by atoms with van der Waals surface area (Å²) >= 11 is 0. The van der Waals surface area contributed by atoms with Crippen LogP contribution in [0.4, 0.5) is 0 Å². The van der Waals surface area contributed by atoms with E-state index < -0.39 is 5.91 Å². The van der Waals surface area contributed by atoms with Crippen molar-refractivity contribution in [2.45, 2.75) is 18.8 Å². The molecular formula is C23H23N3O3. The van der Waals surface area contributed by atoms with Crippen LogP contribution >= 0.6 is 0 Å². The van der Waals surface area contributed by atoms with Crippen LogP contribution in [0.25, 0.3) is 0 Å². The van der Waals surface area contributed by atoms with Crippen molar-refractivity contribution in [3.8, 4) is 23.1 Å². The lowest BCUT2D eigenvalue weighted by Gasteiger charge is -2.23. The summed E-state index contributed by atoms with van der Waals surface area (Å²) in [6, 6.07) is 18.5. The molecule has 6 nitrogen and oxygen atoms in total. The van der Waals surface area contributed by atoms with E-state index in [1.807, 2.05) is 36.4 Å². The molecule has 3 N–H and O–H groups in total. The third kappa shape index (κ3) is 4.73. The number of nitrogens with one attached hydrogen (secondary N) is 1. The van der Waals surface area contributed by atoms with Crippen LogP contribution < -0.4 is 20.5 Å². The molecule has 1 aromatic heterocycles. The standard InChI is InChI=1S/C23H23N3O3/c24-22(27)21-14-17(16-10-12-25-13-11-16)15-26-23(21)29-20-8-6-19(7-9-20)28-18-4-2-1-3-5-18/h1-9,14-16,25H,10-13H2,(H2,24,27). The first kappa shape index (κ1) is 19.0. The van der Waals surface area contributed by atoms with Gasteiger partial charge in [0, 0.05) is 6.20 Å². The van der Waals surface area contributed by atoms with Crippen molar-refractivity contribution in [3.63, 3.8) is 0 Å². The number of nitrogens with zero attached hydrogens (tertiary/aromatic N) is 1. The quantitative estimate of drug-likeness (QED) is 0.659. The van der Waals surface area contributed by atoms with E-state index in [1.165, 1.54) is 0 Å². The second-order valence-corrected chi connectivity index (χ2v) is 7.00. The first-order chi connectivity index (χ1) is 14.2. The fraction of sp³-hybridized carbons (Fsp3) is 0.217. The number of para-hydroxylation sites is 1. The first-order valence-corrected chi connectivity index (χ1v) is 9.70. The maximum atomic E-state index is 12.0. The lowest BCUT2D eigenvalue weighted by molar-refractivity contribution is 0.0997. The molecule has 1 aliphatic heterocycles. The summed E-state index contributed by atoms with van der Waals surface area (Å²) in [4.78, 5) is 16.4. The summed E-state index contributed by atoms with van der Waals surface area (Å²) in [6.45, 7) is 1.93. The zero-order chi connectivity index (χ0) is 20.1. The molecule has 148 valence electrons. The van der Waals surface area contributed by atoms with E-state index in [-0.39, 0.29) is 5.88 Å². The van der Waals surface area contributed by atoms with Crippen molar-refractivity contribution in [3.05, 3.63) is 78.0 Å². The zero-order valence-corrected chi connectivity index (χ0v) is 16.0. The minimum atomic E-state index is -0.549. The molecule has 29 heavy (non-hydrogen) atoms. The smallest absolute Gasteiger partial charge is 0.254 e. The number of benzene rings is 2. The third-order valence-corrected chi connectivity index (χ3v) is 4.97. The van der Waals surface area contributed by atoms with Gasteiger partial charge in [-0.2, -0.15) is 0 Å². The summed E-state index contributed by atoms with van der Waals surface area (Å²) in [6.07, 6.45) is 3.82. The van der Waals surface area contributed by atoms with Crippen molar-refractivity contribution in [1.82, 2.24) is 10.3 Å². The monoisotopic (exact) mass is 389 g/mol. The number of primary amides is 1. The van der Waals surface area contributed by atoms with Gasteiger partial charge in [0.05, 0.1) is 0 Å². The molecule has 1 fully saturated rings.